The Morgan fingerprint density at radius 3 is 1.33 bits per heavy atom. The zero-order valence-electron chi connectivity index (χ0n) is 13.9. The van der Waals surface area contributed by atoms with E-state index in [1.165, 1.54) is 0 Å². The molecule has 4 rings (SSSR count). The van der Waals surface area contributed by atoms with E-state index in [-0.39, 0.29) is 0 Å². The molecule has 0 amide bonds. The third kappa shape index (κ3) is 3.68. The number of hydrogen-bond donors (Lipinski definition) is 0. The second kappa shape index (κ2) is 7.52. The molecule has 0 saturated heterocycles. The van der Waals surface area contributed by atoms with Gasteiger partial charge in [-0.15, -0.1) is 0 Å². The largest absolute Gasteiger partial charge is 0.404 e. The molecule has 0 bridgehead atoms. The Hall–Kier alpha value is -2.06. The van der Waals surface area contributed by atoms with Crippen LogP contribution in [0.3, 0.4) is 0 Å². The molecule has 4 aromatic rings. The Labute approximate surface area is 177 Å². The SMILES string of the molecule is S=c1n([B]n2ccn(-c3ccc(Cl)cc3)c2=S)ccn1-c1ccc(Cl)cc1. The molecule has 0 aliphatic rings. The van der Waals surface area contributed by atoms with E-state index in [2.05, 4.69) is 0 Å². The maximum absolute atomic E-state index is 5.96. The van der Waals surface area contributed by atoms with Gasteiger partial charge in [-0.2, -0.15) is 0 Å². The van der Waals surface area contributed by atoms with Crippen molar-refractivity contribution in [3.8, 4) is 11.4 Å². The first-order valence-electron chi connectivity index (χ1n) is 7.99. The van der Waals surface area contributed by atoms with Crippen LogP contribution in [0.15, 0.2) is 73.3 Å². The van der Waals surface area contributed by atoms with Crippen molar-refractivity contribution in [3.05, 3.63) is 92.9 Å². The topological polar surface area (TPSA) is 19.7 Å². The summed E-state index contributed by atoms with van der Waals surface area (Å²) in [6.45, 7) is 0. The quantitative estimate of drug-likeness (QED) is 0.312. The normalized spacial score (nSPS) is 10.9. The summed E-state index contributed by atoms with van der Waals surface area (Å²) in [5.41, 5.74) is 1.89. The first-order chi connectivity index (χ1) is 13.0. The molecule has 2 heterocycles. The molecule has 4 nitrogen and oxygen atoms in total. The van der Waals surface area contributed by atoms with Gasteiger partial charge in [0.1, 0.15) is 0 Å². The predicted molar refractivity (Wildman–Crippen MR) is 116 cm³/mol. The number of nitrogens with zero attached hydrogens (tertiary/aromatic N) is 4. The minimum absolute atomic E-state index is 0.624. The molecule has 2 aromatic heterocycles. The van der Waals surface area contributed by atoms with Crippen LogP contribution in [0.25, 0.3) is 11.4 Å². The Morgan fingerprint density at radius 1 is 0.593 bits per heavy atom. The van der Waals surface area contributed by atoms with Crippen molar-refractivity contribution >= 4 is 55.2 Å². The van der Waals surface area contributed by atoms with Crippen LogP contribution in [0.2, 0.25) is 10.0 Å². The fraction of sp³-hybridized carbons (Fsp3) is 0. The lowest BCUT2D eigenvalue weighted by Crippen LogP contribution is -2.16. The van der Waals surface area contributed by atoms with Crippen molar-refractivity contribution in [2.75, 3.05) is 0 Å². The highest BCUT2D eigenvalue weighted by molar-refractivity contribution is 7.71. The maximum atomic E-state index is 5.96. The summed E-state index contributed by atoms with van der Waals surface area (Å²) < 4.78 is 8.74. The molecule has 0 unspecified atom stereocenters. The van der Waals surface area contributed by atoms with Gasteiger partial charge in [-0.25, -0.2) is 0 Å². The average molecular weight is 430 g/mol. The number of halogens is 2. The predicted octanol–water partition coefficient (Wildman–Crippen LogP) is 5.57. The number of rotatable bonds is 4. The van der Waals surface area contributed by atoms with E-state index >= 15 is 0 Å². The second-order valence-electron chi connectivity index (χ2n) is 5.78. The Kier molecular flexibility index (Phi) is 5.10. The standard InChI is InChI=1S/C18H12BCl2N4S2/c20-13-1-5-15(6-2-13)22-9-11-24(17(22)26)19-25-12-10-23(18(25)27)16-7-3-14(21)4-8-16/h1-12H. The molecule has 133 valence electrons. The number of aromatic nitrogens is 4. The van der Waals surface area contributed by atoms with Gasteiger partial charge in [-0.3, -0.25) is 9.13 Å². The van der Waals surface area contributed by atoms with E-state index in [0.29, 0.717) is 19.6 Å². The van der Waals surface area contributed by atoms with Gasteiger partial charge in [-0.05, 0) is 73.0 Å². The fourth-order valence-electron chi connectivity index (χ4n) is 2.69. The van der Waals surface area contributed by atoms with Gasteiger partial charge in [0.05, 0.1) is 0 Å². The van der Waals surface area contributed by atoms with Crippen LogP contribution in [0, 0.1) is 9.54 Å². The highest BCUT2D eigenvalue weighted by Crippen LogP contribution is 2.16. The van der Waals surface area contributed by atoms with E-state index in [0.717, 1.165) is 11.4 Å². The van der Waals surface area contributed by atoms with Crippen molar-refractivity contribution in [2.24, 2.45) is 0 Å². The van der Waals surface area contributed by atoms with Crippen LogP contribution < -0.4 is 0 Å². The van der Waals surface area contributed by atoms with Gasteiger partial charge in [0.15, 0.2) is 9.54 Å². The van der Waals surface area contributed by atoms with Crippen LogP contribution >= 0.6 is 47.6 Å². The summed E-state index contributed by atoms with van der Waals surface area (Å²) in [4.78, 5) is 0. The molecule has 0 saturated carbocycles. The van der Waals surface area contributed by atoms with Crippen molar-refractivity contribution in [1.82, 2.24) is 18.1 Å². The van der Waals surface area contributed by atoms with Gasteiger partial charge in [-0.1, -0.05) is 23.2 Å². The van der Waals surface area contributed by atoms with Crippen molar-refractivity contribution in [2.45, 2.75) is 0 Å². The molecule has 0 fully saturated rings. The first-order valence-corrected chi connectivity index (χ1v) is 9.56. The summed E-state index contributed by atoms with van der Waals surface area (Å²) in [6.07, 6.45) is 7.58. The van der Waals surface area contributed by atoms with E-state index in [1.807, 2.05) is 99.0 Å². The van der Waals surface area contributed by atoms with E-state index in [1.54, 1.807) is 0 Å². The molecule has 27 heavy (non-hydrogen) atoms. The smallest absolute Gasteiger partial charge is 0.350 e. The summed E-state index contributed by atoms with van der Waals surface area (Å²) in [6, 6.07) is 15.0. The van der Waals surface area contributed by atoms with Gasteiger partial charge < -0.3 is 8.96 Å². The molecule has 9 heteroatoms. The molecule has 0 aliphatic carbocycles. The summed E-state index contributed by atoms with van der Waals surface area (Å²) in [5.74, 6) is 0. The highest BCUT2D eigenvalue weighted by Gasteiger charge is 2.09. The van der Waals surface area contributed by atoms with E-state index in [4.69, 9.17) is 47.6 Å². The molecule has 0 atom stereocenters. The van der Waals surface area contributed by atoms with Gasteiger partial charge in [0, 0.05) is 46.2 Å². The Morgan fingerprint density at radius 2 is 0.963 bits per heavy atom. The minimum atomic E-state index is 0.624. The maximum Gasteiger partial charge on any atom is 0.404 e. The third-order valence-electron chi connectivity index (χ3n) is 4.07. The number of hydrogen-bond acceptors (Lipinski definition) is 2. The summed E-state index contributed by atoms with van der Waals surface area (Å²) in [5, 5.41) is 1.37. The lowest BCUT2D eigenvalue weighted by molar-refractivity contribution is 0.963. The van der Waals surface area contributed by atoms with Crippen molar-refractivity contribution in [1.29, 1.82) is 0 Å². The molecular formula is C18H12BCl2N4S2. The van der Waals surface area contributed by atoms with Gasteiger partial charge >= 0.3 is 7.55 Å². The van der Waals surface area contributed by atoms with Crippen molar-refractivity contribution in [3.63, 3.8) is 0 Å². The number of imidazole rings is 2. The number of benzene rings is 2. The second-order valence-corrected chi connectivity index (χ2v) is 7.39. The molecule has 0 spiro atoms. The van der Waals surface area contributed by atoms with Crippen LogP contribution in [-0.4, -0.2) is 25.6 Å². The fourth-order valence-corrected chi connectivity index (χ4v) is 3.49. The molecule has 0 aliphatic heterocycles. The van der Waals surface area contributed by atoms with Gasteiger partial charge in [0.2, 0.25) is 0 Å². The molecule has 0 N–H and O–H groups in total. The highest BCUT2D eigenvalue weighted by atomic mass is 35.5. The van der Waals surface area contributed by atoms with Crippen LogP contribution in [0.5, 0.6) is 0 Å². The zero-order valence-corrected chi connectivity index (χ0v) is 17.0. The van der Waals surface area contributed by atoms with E-state index in [9.17, 15) is 0 Å². The molecule has 1 radical (unpaired) electrons. The lowest BCUT2D eigenvalue weighted by atomic mass is 10.2. The molecule has 2 aromatic carbocycles. The molecular weight excluding hydrogens is 418 g/mol. The van der Waals surface area contributed by atoms with Crippen molar-refractivity contribution < 1.29 is 0 Å². The average Bonchev–Trinajstić information content (AvgIpc) is 3.21. The Balaban J connectivity index is 1.64. The Bertz CT molecular complexity index is 1110. The minimum Gasteiger partial charge on any atom is -0.350 e. The third-order valence-corrected chi connectivity index (χ3v) is 5.38. The monoisotopic (exact) mass is 429 g/mol. The zero-order chi connectivity index (χ0) is 19.0. The van der Waals surface area contributed by atoms with Crippen LogP contribution in [0.4, 0.5) is 0 Å². The van der Waals surface area contributed by atoms with Crippen LogP contribution in [-0.2, 0) is 0 Å². The van der Waals surface area contributed by atoms with E-state index < -0.39 is 0 Å². The lowest BCUT2D eigenvalue weighted by Gasteiger charge is -2.05. The first kappa shape index (κ1) is 18.3. The van der Waals surface area contributed by atoms with Gasteiger partial charge in [0.25, 0.3) is 0 Å². The summed E-state index contributed by atoms with van der Waals surface area (Å²) in [7, 11) is 1.85. The summed E-state index contributed by atoms with van der Waals surface area (Å²) >= 11 is 23.1. The van der Waals surface area contributed by atoms with Crippen LogP contribution in [0.1, 0.15) is 0 Å².